The Hall–Kier alpha value is -3.63. The van der Waals surface area contributed by atoms with E-state index in [-0.39, 0.29) is 19.1 Å². The van der Waals surface area contributed by atoms with E-state index >= 15 is 0 Å². The highest BCUT2D eigenvalue weighted by Gasteiger charge is 2.13. The van der Waals surface area contributed by atoms with E-state index in [4.69, 9.17) is 20.8 Å². The number of nitrogens with one attached hydrogen (secondary N) is 3. The molecule has 0 aliphatic heterocycles. The normalized spacial score (nSPS) is 10.7. The van der Waals surface area contributed by atoms with Crippen LogP contribution < -0.4 is 20.8 Å². The minimum absolute atomic E-state index is 0.0728. The number of hydrazone groups is 1. The van der Waals surface area contributed by atoms with Gasteiger partial charge in [0.1, 0.15) is 11.5 Å². The van der Waals surface area contributed by atoms with Crippen LogP contribution in [-0.4, -0.2) is 30.5 Å². The van der Waals surface area contributed by atoms with Gasteiger partial charge in [0.05, 0.1) is 19.0 Å². The summed E-state index contributed by atoms with van der Waals surface area (Å²) in [7, 11) is 0. The fraction of sp³-hybridized carbons (Fsp3) is 0.130. The molecule has 176 valence electrons. The molecule has 3 aromatic rings. The van der Waals surface area contributed by atoms with Crippen LogP contribution in [0.4, 0.5) is 5.69 Å². The van der Waals surface area contributed by atoms with Crippen molar-refractivity contribution in [3.05, 3.63) is 81.2 Å². The number of aryl methyl sites for hydroxylation is 1. The molecule has 3 rings (SSSR count). The second kappa shape index (κ2) is 12.0. The summed E-state index contributed by atoms with van der Waals surface area (Å²) in [4.78, 5) is 36.1. The Balaban J connectivity index is 1.55. The molecule has 3 N–H and O–H groups in total. The van der Waals surface area contributed by atoms with Crippen LogP contribution in [0.2, 0.25) is 5.02 Å². The molecule has 0 radical (unpaired) electrons. The van der Waals surface area contributed by atoms with Gasteiger partial charge in [-0.2, -0.15) is 5.10 Å². The number of nitrogens with zero attached hydrogens (tertiary/aromatic N) is 1. The van der Waals surface area contributed by atoms with Crippen molar-refractivity contribution in [1.29, 1.82) is 0 Å². The average molecular weight is 548 g/mol. The number of amides is 3. The van der Waals surface area contributed by atoms with Crippen molar-refractivity contribution in [3.63, 3.8) is 0 Å². The maximum absolute atomic E-state index is 12.3. The Morgan fingerprint density at radius 1 is 1.15 bits per heavy atom. The van der Waals surface area contributed by atoms with Gasteiger partial charge in [0, 0.05) is 20.7 Å². The summed E-state index contributed by atoms with van der Waals surface area (Å²) in [6.45, 7) is 1.65. The van der Waals surface area contributed by atoms with Gasteiger partial charge in [-0.05, 0) is 55.0 Å². The summed E-state index contributed by atoms with van der Waals surface area (Å²) in [5.74, 6) is -1.34. The second-order valence-corrected chi connectivity index (χ2v) is 8.29. The zero-order valence-electron chi connectivity index (χ0n) is 17.9. The number of rotatable bonds is 8. The SMILES string of the molecule is Cc1ccc(Cl)cc1NC(=O)COc1ccc(Br)cc1/C=N\NC(=O)C(=O)NCc1ccco1. The molecule has 0 unspecified atom stereocenters. The van der Waals surface area contributed by atoms with Crippen LogP contribution in [-0.2, 0) is 20.9 Å². The number of benzene rings is 2. The molecule has 0 atom stereocenters. The molecule has 0 saturated carbocycles. The molecular weight excluding hydrogens is 528 g/mol. The summed E-state index contributed by atoms with van der Waals surface area (Å²) in [5, 5.41) is 9.46. The summed E-state index contributed by atoms with van der Waals surface area (Å²) in [5.41, 5.74) is 4.06. The Labute approximate surface area is 208 Å². The molecule has 0 fully saturated rings. The minimum atomic E-state index is -0.948. The van der Waals surface area contributed by atoms with Gasteiger partial charge in [-0.15, -0.1) is 0 Å². The standard InChI is InChI=1S/C23H20BrClN4O5/c1-14-4-6-17(25)10-19(14)28-21(30)13-34-20-7-5-16(24)9-15(20)11-27-29-23(32)22(31)26-12-18-3-2-8-33-18/h2-11H,12-13H2,1H3,(H,26,31)(H,28,30)(H,29,32)/b27-11-. The molecule has 9 nitrogen and oxygen atoms in total. The highest BCUT2D eigenvalue weighted by molar-refractivity contribution is 9.10. The number of carbonyl (C=O) groups is 3. The van der Waals surface area contributed by atoms with Gasteiger partial charge in [0.15, 0.2) is 6.61 Å². The lowest BCUT2D eigenvalue weighted by Crippen LogP contribution is -2.37. The second-order valence-electron chi connectivity index (χ2n) is 6.94. The topological polar surface area (TPSA) is 122 Å². The van der Waals surface area contributed by atoms with Crippen LogP contribution in [0.3, 0.4) is 0 Å². The zero-order chi connectivity index (χ0) is 24.5. The van der Waals surface area contributed by atoms with Gasteiger partial charge in [0.25, 0.3) is 5.91 Å². The first-order chi connectivity index (χ1) is 16.3. The van der Waals surface area contributed by atoms with Crippen LogP contribution in [0.15, 0.2) is 68.8 Å². The monoisotopic (exact) mass is 546 g/mol. The summed E-state index contributed by atoms with van der Waals surface area (Å²) < 4.78 is 11.4. The highest BCUT2D eigenvalue weighted by Crippen LogP contribution is 2.23. The maximum atomic E-state index is 12.3. The van der Waals surface area contributed by atoms with E-state index in [0.717, 1.165) is 10.0 Å². The quantitative estimate of drug-likeness (QED) is 0.225. The van der Waals surface area contributed by atoms with Crippen molar-refractivity contribution in [2.45, 2.75) is 13.5 Å². The van der Waals surface area contributed by atoms with Crippen LogP contribution in [0.25, 0.3) is 0 Å². The van der Waals surface area contributed by atoms with E-state index < -0.39 is 11.8 Å². The molecule has 0 spiro atoms. The van der Waals surface area contributed by atoms with Crippen molar-refractivity contribution in [3.8, 4) is 5.75 Å². The van der Waals surface area contributed by atoms with Gasteiger partial charge in [-0.25, -0.2) is 5.43 Å². The predicted octanol–water partition coefficient (Wildman–Crippen LogP) is 3.79. The van der Waals surface area contributed by atoms with E-state index in [1.54, 1.807) is 48.5 Å². The molecule has 0 aliphatic carbocycles. The first-order valence-corrected chi connectivity index (χ1v) is 11.1. The summed E-state index contributed by atoms with van der Waals surface area (Å²) in [6.07, 6.45) is 2.77. The lowest BCUT2D eigenvalue weighted by molar-refractivity contribution is -0.139. The Bertz CT molecular complexity index is 1210. The summed E-state index contributed by atoms with van der Waals surface area (Å²) >= 11 is 9.33. The number of furan rings is 1. The van der Waals surface area contributed by atoms with Crippen molar-refractivity contribution < 1.29 is 23.5 Å². The van der Waals surface area contributed by atoms with E-state index in [9.17, 15) is 14.4 Å². The number of ether oxygens (including phenoxy) is 1. The number of halogens is 2. The van der Waals surface area contributed by atoms with Crippen LogP contribution in [0, 0.1) is 6.92 Å². The first-order valence-electron chi connectivity index (χ1n) is 9.94. The van der Waals surface area contributed by atoms with Crippen LogP contribution in [0.5, 0.6) is 5.75 Å². The van der Waals surface area contributed by atoms with E-state index in [2.05, 4.69) is 37.1 Å². The fourth-order valence-corrected chi connectivity index (χ4v) is 3.23. The van der Waals surface area contributed by atoms with E-state index in [1.165, 1.54) is 12.5 Å². The third-order valence-corrected chi connectivity index (χ3v) is 5.11. The first kappa shape index (κ1) is 25.0. The fourth-order valence-electron chi connectivity index (χ4n) is 2.68. The number of hydrogen-bond donors (Lipinski definition) is 3. The molecule has 0 saturated heterocycles. The Morgan fingerprint density at radius 2 is 1.97 bits per heavy atom. The van der Waals surface area contributed by atoms with E-state index in [1.807, 2.05) is 6.92 Å². The predicted molar refractivity (Wildman–Crippen MR) is 131 cm³/mol. The number of hydrogen-bond acceptors (Lipinski definition) is 6. The maximum Gasteiger partial charge on any atom is 0.329 e. The molecule has 34 heavy (non-hydrogen) atoms. The van der Waals surface area contributed by atoms with Gasteiger partial charge in [-0.1, -0.05) is 33.6 Å². The smallest absolute Gasteiger partial charge is 0.329 e. The lowest BCUT2D eigenvalue weighted by Gasteiger charge is -2.11. The molecule has 11 heteroatoms. The molecule has 2 aromatic carbocycles. The van der Waals surface area contributed by atoms with Gasteiger partial charge >= 0.3 is 11.8 Å². The third-order valence-electron chi connectivity index (χ3n) is 4.38. The molecule has 0 aliphatic rings. The molecule has 0 bridgehead atoms. The Kier molecular flexibility index (Phi) is 8.83. The molecule has 1 aromatic heterocycles. The largest absolute Gasteiger partial charge is 0.483 e. The van der Waals surface area contributed by atoms with Gasteiger partial charge < -0.3 is 19.8 Å². The molecule has 1 heterocycles. The zero-order valence-corrected chi connectivity index (χ0v) is 20.3. The van der Waals surface area contributed by atoms with Crippen LogP contribution in [0.1, 0.15) is 16.9 Å². The van der Waals surface area contributed by atoms with Crippen molar-refractivity contribution in [2.75, 3.05) is 11.9 Å². The molecule has 3 amide bonds. The summed E-state index contributed by atoms with van der Waals surface area (Å²) in [6, 6.07) is 13.6. The third kappa shape index (κ3) is 7.46. The van der Waals surface area contributed by atoms with E-state index in [0.29, 0.717) is 27.8 Å². The van der Waals surface area contributed by atoms with Gasteiger partial charge in [0.2, 0.25) is 0 Å². The minimum Gasteiger partial charge on any atom is -0.483 e. The number of carbonyl (C=O) groups excluding carboxylic acids is 3. The van der Waals surface area contributed by atoms with Gasteiger partial charge in [-0.3, -0.25) is 14.4 Å². The van der Waals surface area contributed by atoms with Crippen LogP contribution >= 0.6 is 27.5 Å². The highest BCUT2D eigenvalue weighted by atomic mass is 79.9. The average Bonchev–Trinajstić information content (AvgIpc) is 3.33. The Morgan fingerprint density at radius 3 is 2.74 bits per heavy atom. The van der Waals surface area contributed by atoms with Crippen molar-refractivity contribution in [2.24, 2.45) is 5.10 Å². The number of anilines is 1. The van der Waals surface area contributed by atoms with Crippen molar-refractivity contribution >= 4 is 57.2 Å². The molecular formula is C23H20BrClN4O5. The lowest BCUT2D eigenvalue weighted by atomic mass is 10.2. The van der Waals surface area contributed by atoms with Crippen molar-refractivity contribution in [1.82, 2.24) is 10.7 Å².